The minimum atomic E-state index is 0.649. The quantitative estimate of drug-likeness (QED) is 0.884. The minimum Gasteiger partial charge on any atom is -0.311 e. The Balaban J connectivity index is 2.14. The molecule has 1 aromatic rings. The van der Waals surface area contributed by atoms with Gasteiger partial charge in [-0.15, -0.1) is 0 Å². The Labute approximate surface area is 130 Å². The van der Waals surface area contributed by atoms with Crippen molar-refractivity contribution in [3.8, 4) is 0 Å². The van der Waals surface area contributed by atoms with E-state index in [9.17, 15) is 0 Å². The molecule has 21 heavy (non-hydrogen) atoms. The van der Waals surface area contributed by atoms with Crippen molar-refractivity contribution in [1.82, 2.24) is 10.2 Å². The Morgan fingerprint density at radius 2 is 1.86 bits per heavy atom. The Kier molecular flexibility index (Phi) is 5.83. The molecule has 2 heteroatoms. The van der Waals surface area contributed by atoms with Crippen LogP contribution in [0.25, 0.3) is 0 Å². The first kappa shape index (κ1) is 16.5. The molecule has 0 aromatic heterocycles. The van der Waals surface area contributed by atoms with Crippen molar-refractivity contribution in [2.75, 3.05) is 13.1 Å². The molecule has 1 heterocycles. The van der Waals surface area contributed by atoms with Crippen molar-refractivity contribution in [3.63, 3.8) is 0 Å². The molecule has 118 valence electrons. The van der Waals surface area contributed by atoms with Crippen molar-refractivity contribution in [2.45, 2.75) is 66.1 Å². The summed E-state index contributed by atoms with van der Waals surface area (Å²) in [5, 5.41) is 3.73. The third-order valence-electron chi connectivity index (χ3n) is 5.00. The normalized spacial score (nSPS) is 25.0. The summed E-state index contributed by atoms with van der Waals surface area (Å²) >= 11 is 0. The second-order valence-corrected chi connectivity index (χ2v) is 6.89. The summed E-state index contributed by atoms with van der Waals surface area (Å²) in [4.78, 5) is 2.72. The van der Waals surface area contributed by atoms with Gasteiger partial charge in [0, 0.05) is 31.7 Å². The highest BCUT2D eigenvalue weighted by molar-refractivity contribution is 5.28. The van der Waals surface area contributed by atoms with Crippen molar-refractivity contribution in [3.05, 3.63) is 34.9 Å². The van der Waals surface area contributed by atoms with E-state index in [0.29, 0.717) is 12.1 Å². The minimum absolute atomic E-state index is 0.649. The van der Waals surface area contributed by atoms with Gasteiger partial charge in [0.05, 0.1) is 0 Å². The average molecular weight is 288 g/mol. The van der Waals surface area contributed by atoms with Crippen molar-refractivity contribution < 1.29 is 0 Å². The second kappa shape index (κ2) is 7.42. The van der Waals surface area contributed by atoms with Gasteiger partial charge >= 0.3 is 0 Å². The van der Waals surface area contributed by atoms with Crippen LogP contribution in [0.1, 0.15) is 50.3 Å². The number of benzene rings is 1. The summed E-state index contributed by atoms with van der Waals surface area (Å²) in [6.45, 7) is 14.8. The van der Waals surface area contributed by atoms with Crippen LogP contribution >= 0.6 is 0 Å². The maximum atomic E-state index is 3.73. The van der Waals surface area contributed by atoms with Gasteiger partial charge in [0.25, 0.3) is 0 Å². The summed E-state index contributed by atoms with van der Waals surface area (Å²) < 4.78 is 0. The van der Waals surface area contributed by atoms with Crippen molar-refractivity contribution >= 4 is 0 Å². The van der Waals surface area contributed by atoms with Crippen LogP contribution in [0.5, 0.6) is 0 Å². The summed E-state index contributed by atoms with van der Waals surface area (Å²) in [6.07, 6.45) is 2.48. The standard InChI is InChI=1S/C19H32N2/c1-6-16(5)19-11-20-18(7-2)13-21(19)12-17-9-14(3)8-15(4)10-17/h8-10,16,18-20H,6-7,11-13H2,1-5H3. The fourth-order valence-corrected chi connectivity index (χ4v) is 3.58. The average Bonchev–Trinajstić information content (AvgIpc) is 2.45. The molecular weight excluding hydrogens is 256 g/mol. The monoisotopic (exact) mass is 288 g/mol. The largest absolute Gasteiger partial charge is 0.311 e. The molecule has 0 amide bonds. The van der Waals surface area contributed by atoms with E-state index in [1.807, 2.05) is 0 Å². The van der Waals surface area contributed by atoms with Gasteiger partial charge in [-0.05, 0) is 31.7 Å². The van der Waals surface area contributed by atoms with Gasteiger partial charge in [-0.3, -0.25) is 4.90 Å². The molecule has 3 unspecified atom stereocenters. The number of hydrogen-bond acceptors (Lipinski definition) is 2. The van der Waals surface area contributed by atoms with Gasteiger partial charge in [0.1, 0.15) is 0 Å². The lowest BCUT2D eigenvalue weighted by Crippen LogP contribution is -2.57. The van der Waals surface area contributed by atoms with Crippen LogP contribution in [0.3, 0.4) is 0 Å². The molecule has 2 rings (SSSR count). The summed E-state index contributed by atoms with van der Waals surface area (Å²) in [5.41, 5.74) is 4.23. The Bertz CT molecular complexity index is 435. The van der Waals surface area contributed by atoms with E-state index >= 15 is 0 Å². The van der Waals surface area contributed by atoms with Gasteiger partial charge < -0.3 is 5.32 Å². The van der Waals surface area contributed by atoms with E-state index in [1.165, 1.54) is 36.1 Å². The predicted octanol–water partition coefficient (Wildman–Crippen LogP) is 3.90. The second-order valence-electron chi connectivity index (χ2n) is 6.89. The molecule has 0 radical (unpaired) electrons. The number of hydrogen-bond donors (Lipinski definition) is 1. The molecular formula is C19H32N2. The Hall–Kier alpha value is -0.860. The highest BCUT2D eigenvalue weighted by atomic mass is 15.2. The first-order chi connectivity index (χ1) is 10.0. The third kappa shape index (κ3) is 4.31. The molecule has 0 aliphatic carbocycles. The molecule has 2 nitrogen and oxygen atoms in total. The molecule has 1 aliphatic rings. The number of piperazine rings is 1. The lowest BCUT2D eigenvalue weighted by molar-refractivity contribution is 0.0832. The third-order valence-corrected chi connectivity index (χ3v) is 5.00. The molecule has 0 spiro atoms. The first-order valence-electron chi connectivity index (χ1n) is 8.58. The summed E-state index contributed by atoms with van der Waals surface area (Å²) in [5.74, 6) is 0.751. The van der Waals surface area contributed by atoms with Gasteiger partial charge in [0.2, 0.25) is 0 Å². The topological polar surface area (TPSA) is 15.3 Å². The molecule has 1 aromatic carbocycles. The van der Waals surface area contributed by atoms with Crippen LogP contribution in [-0.4, -0.2) is 30.1 Å². The fraction of sp³-hybridized carbons (Fsp3) is 0.684. The smallest absolute Gasteiger partial charge is 0.0250 e. The highest BCUT2D eigenvalue weighted by Gasteiger charge is 2.30. The van der Waals surface area contributed by atoms with Crippen LogP contribution in [0, 0.1) is 19.8 Å². The van der Waals surface area contributed by atoms with Crippen molar-refractivity contribution in [1.29, 1.82) is 0 Å². The highest BCUT2D eigenvalue weighted by Crippen LogP contribution is 2.22. The number of nitrogens with one attached hydrogen (secondary N) is 1. The molecule has 1 saturated heterocycles. The number of nitrogens with zero attached hydrogens (tertiary/aromatic N) is 1. The fourth-order valence-electron chi connectivity index (χ4n) is 3.58. The summed E-state index contributed by atoms with van der Waals surface area (Å²) in [7, 11) is 0. The molecule has 0 saturated carbocycles. The van der Waals surface area contributed by atoms with E-state index in [-0.39, 0.29) is 0 Å². The zero-order valence-corrected chi connectivity index (χ0v) is 14.4. The molecule has 1 N–H and O–H groups in total. The van der Waals surface area contributed by atoms with Crippen LogP contribution in [0.15, 0.2) is 18.2 Å². The van der Waals surface area contributed by atoms with Crippen LogP contribution < -0.4 is 5.32 Å². The number of aryl methyl sites for hydroxylation is 2. The number of rotatable bonds is 5. The van der Waals surface area contributed by atoms with E-state index in [1.54, 1.807) is 0 Å². The van der Waals surface area contributed by atoms with Crippen molar-refractivity contribution in [2.24, 2.45) is 5.92 Å². The summed E-state index contributed by atoms with van der Waals surface area (Å²) in [6, 6.07) is 8.28. The van der Waals surface area contributed by atoms with E-state index in [2.05, 4.69) is 63.0 Å². The van der Waals surface area contributed by atoms with Gasteiger partial charge in [0.15, 0.2) is 0 Å². The first-order valence-corrected chi connectivity index (χ1v) is 8.58. The van der Waals surface area contributed by atoms with Crippen LogP contribution in [-0.2, 0) is 6.54 Å². The molecule has 0 bridgehead atoms. The molecule has 3 atom stereocenters. The Morgan fingerprint density at radius 1 is 1.19 bits per heavy atom. The zero-order chi connectivity index (χ0) is 15.4. The Morgan fingerprint density at radius 3 is 2.43 bits per heavy atom. The lowest BCUT2D eigenvalue weighted by Gasteiger charge is -2.43. The maximum absolute atomic E-state index is 3.73. The zero-order valence-electron chi connectivity index (χ0n) is 14.4. The van der Waals surface area contributed by atoms with E-state index in [0.717, 1.165) is 19.0 Å². The van der Waals surface area contributed by atoms with Gasteiger partial charge in [-0.25, -0.2) is 0 Å². The predicted molar refractivity (Wildman–Crippen MR) is 91.7 cm³/mol. The van der Waals surface area contributed by atoms with Crippen LogP contribution in [0.2, 0.25) is 0 Å². The van der Waals surface area contributed by atoms with Gasteiger partial charge in [-0.1, -0.05) is 56.5 Å². The van der Waals surface area contributed by atoms with Crippen LogP contribution in [0.4, 0.5) is 0 Å². The maximum Gasteiger partial charge on any atom is 0.0250 e. The van der Waals surface area contributed by atoms with E-state index in [4.69, 9.17) is 0 Å². The molecule has 1 fully saturated rings. The lowest BCUT2D eigenvalue weighted by atomic mass is 9.93. The SMILES string of the molecule is CCC1CN(Cc2cc(C)cc(C)c2)C(C(C)CC)CN1. The van der Waals surface area contributed by atoms with E-state index < -0.39 is 0 Å². The molecule has 1 aliphatic heterocycles. The van der Waals surface area contributed by atoms with Gasteiger partial charge in [-0.2, -0.15) is 0 Å².